The van der Waals surface area contributed by atoms with E-state index >= 15 is 0 Å². The fourth-order valence-electron chi connectivity index (χ4n) is 7.43. The summed E-state index contributed by atoms with van der Waals surface area (Å²) >= 11 is 6.18. The molecule has 4 atom stereocenters. The number of hydrogen-bond donors (Lipinski definition) is 3. The molecule has 11 nitrogen and oxygen atoms in total. The molecule has 2 aliphatic heterocycles. The van der Waals surface area contributed by atoms with Gasteiger partial charge >= 0.3 is 0 Å². The maximum atomic E-state index is 14.2. The highest BCUT2D eigenvalue weighted by Gasteiger charge is 2.48. The summed E-state index contributed by atoms with van der Waals surface area (Å²) in [6.45, 7) is 5.09. The highest BCUT2D eigenvalue weighted by atomic mass is 35.5. The standard InChI is InChI=1S/C41H46ClN5O6/c1-25(2)53-36-16-13-27(17-37(36)52-4)41(51)47-22-29-21-46(38(48)18-28-20-44-35-19-30(42)14-15-31(28)35)24-33(32(29)23-47)39(49)45-34(40(50)43-3)12-8-11-26-9-6-5-7-10-26/h5-11,13-17,19-20,25,29,32-34,44H,12,18,21-24H2,1-4H3,(H,43,50)(H,45,49)/b11-8+/t29?,32?,33?,34-/m0/s1. The van der Waals surface area contributed by atoms with Gasteiger partial charge in [0, 0.05) is 60.9 Å². The Morgan fingerprint density at radius 3 is 2.47 bits per heavy atom. The van der Waals surface area contributed by atoms with E-state index < -0.39 is 12.0 Å². The van der Waals surface area contributed by atoms with Crippen LogP contribution in [0.25, 0.3) is 17.0 Å². The van der Waals surface area contributed by atoms with Crippen molar-refractivity contribution in [1.82, 2.24) is 25.4 Å². The van der Waals surface area contributed by atoms with E-state index in [2.05, 4.69) is 15.6 Å². The predicted molar refractivity (Wildman–Crippen MR) is 205 cm³/mol. The minimum Gasteiger partial charge on any atom is -0.493 e. The maximum Gasteiger partial charge on any atom is 0.254 e. The summed E-state index contributed by atoms with van der Waals surface area (Å²) in [5.74, 6) is -1.01. The lowest BCUT2D eigenvalue weighted by Crippen LogP contribution is -2.56. The quantitative estimate of drug-likeness (QED) is 0.180. The summed E-state index contributed by atoms with van der Waals surface area (Å²) in [5, 5.41) is 7.16. The summed E-state index contributed by atoms with van der Waals surface area (Å²) in [7, 11) is 3.07. The maximum absolute atomic E-state index is 14.2. The van der Waals surface area contributed by atoms with E-state index in [0.717, 1.165) is 22.0 Å². The van der Waals surface area contributed by atoms with Crippen LogP contribution in [0.4, 0.5) is 0 Å². The Balaban J connectivity index is 1.24. The molecule has 278 valence electrons. The highest BCUT2D eigenvalue weighted by molar-refractivity contribution is 6.31. The molecular formula is C41H46ClN5O6. The minimum absolute atomic E-state index is 0.0711. The first-order valence-electron chi connectivity index (χ1n) is 17.9. The number of halogens is 1. The lowest BCUT2D eigenvalue weighted by Gasteiger charge is -2.40. The van der Waals surface area contributed by atoms with Crippen molar-refractivity contribution in [2.45, 2.75) is 38.8 Å². The van der Waals surface area contributed by atoms with Gasteiger partial charge in [-0.25, -0.2) is 0 Å². The molecule has 6 rings (SSSR count). The minimum atomic E-state index is -0.826. The van der Waals surface area contributed by atoms with Crippen molar-refractivity contribution in [2.75, 3.05) is 40.3 Å². The number of methoxy groups -OCH3 is 1. The smallest absolute Gasteiger partial charge is 0.254 e. The van der Waals surface area contributed by atoms with Crippen LogP contribution in [0.5, 0.6) is 11.5 Å². The summed E-state index contributed by atoms with van der Waals surface area (Å²) in [5.41, 5.74) is 3.09. The molecule has 0 radical (unpaired) electrons. The van der Waals surface area contributed by atoms with Crippen LogP contribution in [0.1, 0.15) is 41.8 Å². The molecular weight excluding hydrogens is 694 g/mol. The Labute approximate surface area is 314 Å². The van der Waals surface area contributed by atoms with Crippen LogP contribution < -0.4 is 20.1 Å². The number of rotatable bonds is 12. The second-order valence-electron chi connectivity index (χ2n) is 14.0. The number of H-pyrrole nitrogens is 1. The van der Waals surface area contributed by atoms with Gasteiger partial charge in [-0.1, -0.05) is 60.2 Å². The lowest BCUT2D eigenvalue weighted by molar-refractivity contribution is -0.140. The number of amides is 4. The third-order valence-electron chi connectivity index (χ3n) is 10.1. The zero-order chi connectivity index (χ0) is 37.6. The van der Waals surface area contributed by atoms with Crippen molar-refractivity contribution in [3.05, 3.63) is 101 Å². The molecule has 12 heteroatoms. The van der Waals surface area contributed by atoms with Crippen molar-refractivity contribution >= 4 is 52.2 Å². The molecule has 3 N–H and O–H groups in total. The third-order valence-corrected chi connectivity index (χ3v) is 10.3. The Morgan fingerprint density at radius 1 is 0.962 bits per heavy atom. The van der Waals surface area contributed by atoms with E-state index in [1.807, 2.05) is 74.7 Å². The first kappa shape index (κ1) is 37.5. The van der Waals surface area contributed by atoms with E-state index in [9.17, 15) is 19.2 Å². The number of piperidine rings is 1. The van der Waals surface area contributed by atoms with Crippen LogP contribution >= 0.6 is 11.6 Å². The zero-order valence-electron chi connectivity index (χ0n) is 30.4. The number of hydrogen-bond acceptors (Lipinski definition) is 6. The molecule has 3 heterocycles. The van der Waals surface area contributed by atoms with Gasteiger partial charge < -0.3 is 34.9 Å². The Morgan fingerprint density at radius 2 is 1.74 bits per heavy atom. The average molecular weight is 740 g/mol. The molecule has 4 aromatic rings. The second-order valence-corrected chi connectivity index (χ2v) is 14.4. The van der Waals surface area contributed by atoms with Gasteiger partial charge in [-0.15, -0.1) is 0 Å². The summed E-state index contributed by atoms with van der Waals surface area (Å²) in [6, 6.07) is 19.5. The number of carbonyl (C=O) groups excluding carboxylic acids is 4. The number of carbonyl (C=O) groups is 4. The third kappa shape index (κ3) is 8.68. The number of nitrogens with zero attached hydrogens (tertiary/aromatic N) is 2. The van der Waals surface area contributed by atoms with Gasteiger partial charge in [0.15, 0.2) is 11.5 Å². The van der Waals surface area contributed by atoms with Crippen LogP contribution in [0.15, 0.2) is 79.0 Å². The number of nitrogens with one attached hydrogen (secondary N) is 3. The molecule has 53 heavy (non-hydrogen) atoms. The number of benzene rings is 3. The number of likely N-dealkylation sites (N-methyl/N-ethyl adjacent to an activating group) is 1. The first-order chi connectivity index (χ1) is 25.5. The molecule has 2 fully saturated rings. The van der Waals surface area contributed by atoms with Gasteiger partial charge in [0.2, 0.25) is 17.7 Å². The van der Waals surface area contributed by atoms with Crippen LogP contribution in [0, 0.1) is 17.8 Å². The Kier molecular flexibility index (Phi) is 11.7. The van der Waals surface area contributed by atoms with E-state index in [1.165, 1.54) is 14.2 Å². The molecule has 2 saturated heterocycles. The fraction of sp³-hybridized carbons (Fsp3) is 0.366. The largest absolute Gasteiger partial charge is 0.493 e. The van der Waals surface area contributed by atoms with Crippen molar-refractivity contribution in [3.8, 4) is 11.5 Å². The van der Waals surface area contributed by atoms with Crippen LogP contribution in [0.3, 0.4) is 0 Å². The van der Waals surface area contributed by atoms with E-state index in [1.54, 1.807) is 34.1 Å². The zero-order valence-corrected chi connectivity index (χ0v) is 31.2. The number of fused-ring (bicyclic) bond motifs is 2. The molecule has 4 amide bonds. The molecule has 0 spiro atoms. The van der Waals surface area contributed by atoms with Gasteiger partial charge in [0.05, 0.1) is 25.6 Å². The van der Waals surface area contributed by atoms with Crippen molar-refractivity contribution < 1.29 is 28.7 Å². The predicted octanol–water partition coefficient (Wildman–Crippen LogP) is 5.34. The van der Waals surface area contributed by atoms with Gasteiger partial charge in [0.1, 0.15) is 6.04 Å². The van der Waals surface area contributed by atoms with E-state index in [-0.39, 0.29) is 61.0 Å². The van der Waals surface area contributed by atoms with E-state index in [0.29, 0.717) is 41.7 Å². The molecule has 2 aliphatic rings. The fourth-order valence-corrected chi connectivity index (χ4v) is 7.60. The molecule has 1 aromatic heterocycles. The summed E-state index contributed by atoms with van der Waals surface area (Å²) in [6.07, 6.45) is 5.93. The van der Waals surface area contributed by atoms with Crippen molar-refractivity contribution in [2.24, 2.45) is 17.8 Å². The monoisotopic (exact) mass is 739 g/mol. The van der Waals surface area contributed by atoms with Crippen LogP contribution in [0.2, 0.25) is 5.02 Å². The number of aromatic nitrogens is 1. The molecule has 0 aliphatic carbocycles. The van der Waals surface area contributed by atoms with Crippen molar-refractivity contribution in [1.29, 1.82) is 0 Å². The average Bonchev–Trinajstić information content (AvgIpc) is 3.77. The second kappa shape index (κ2) is 16.6. The van der Waals surface area contributed by atoms with Gasteiger partial charge in [-0.3, -0.25) is 19.2 Å². The number of aromatic amines is 1. The SMILES string of the molecule is CNC(=O)[C@H](C/C=C/c1ccccc1)NC(=O)C1CN(C(=O)Cc2c[nH]c3cc(Cl)ccc23)CC2CN(C(=O)c3ccc(OC(C)C)c(OC)c3)CC21. The van der Waals surface area contributed by atoms with Crippen LogP contribution in [-0.2, 0) is 20.8 Å². The molecule has 3 unspecified atom stereocenters. The molecule has 0 bridgehead atoms. The van der Waals surface area contributed by atoms with Crippen molar-refractivity contribution in [3.63, 3.8) is 0 Å². The Bertz CT molecular complexity index is 2000. The molecule has 0 saturated carbocycles. The topological polar surface area (TPSA) is 133 Å². The number of ether oxygens (including phenoxy) is 2. The van der Waals surface area contributed by atoms with Gasteiger partial charge in [0.25, 0.3) is 5.91 Å². The van der Waals surface area contributed by atoms with E-state index in [4.69, 9.17) is 21.1 Å². The Hall–Kier alpha value is -5.29. The van der Waals surface area contributed by atoms with Crippen LogP contribution in [-0.4, -0.2) is 90.9 Å². The highest BCUT2D eigenvalue weighted by Crippen LogP contribution is 2.38. The molecule has 3 aromatic carbocycles. The summed E-state index contributed by atoms with van der Waals surface area (Å²) in [4.78, 5) is 61.9. The van der Waals surface area contributed by atoms with Gasteiger partial charge in [-0.05, 0) is 73.6 Å². The lowest BCUT2D eigenvalue weighted by atomic mass is 9.79. The summed E-state index contributed by atoms with van der Waals surface area (Å²) < 4.78 is 11.4. The normalized spacial score (nSPS) is 18.9. The number of likely N-dealkylation sites (tertiary alicyclic amines) is 2. The first-order valence-corrected chi connectivity index (χ1v) is 18.3. The van der Waals surface area contributed by atoms with Gasteiger partial charge in [-0.2, -0.15) is 0 Å².